The molecule has 4 nitrogen and oxygen atoms in total. The number of alkyl halides is 1. The van der Waals surface area contributed by atoms with Crippen LogP contribution in [0.25, 0.3) is 0 Å². The molecule has 0 bridgehead atoms. The highest BCUT2D eigenvalue weighted by Gasteiger charge is 2.03. The Morgan fingerprint density at radius 2 is 2.20 bits per heavy atom. The second kappa shape index (κ2) is 2.46. The number of hydrogen-bond acceptors (Lipinski definition) is 2. The Morgan fingerprint density at radius 1 is 1.60 bits per heavy atom. The summed E-state index contributed by atoms with van der Waals surface area (Å²) in [5.74, 6) is 0.862. The van der Waals surface area contributed by atoms with Crippen molar-refractivity contribution in [2.45, 2.75) is 5.88 Å². The lowest BCUT2D eigenvalue weighted by Crippen LogP contribution is -2.20. The average Bonchev–Trinajstić information content (AvgIpc) is 2.17. The highest BCUT2D eigenvalue weighted by atomic mass is 35.5. The Balaban J connectivity index is 3.31. The van der Waals surface area contributed by atoms with Gasteiger partial charge in [-0.2, -0.15) is 5.10 Å². The summed E-state index contributed by atoms with van der Waals surface area (Å²) in [4.78, 5) is 11.0. The summed E-state index contributed by atoms with van der Waals surface area (Å²) in [5.41, 5.74) is -0.143. The van der Waals surface area contributed by atoms with Gasteiger partial charge in [0, 0.05) is 14.1 Å². The molecule has 0 fully saturated rings. The molecule has 5 heteroatoms. The van der Waals surface area contributed by atoms with Crippen LogP contribution in [0, 0.1) is 0 Å². The first kappa shape index (κ1) is 7.34. The molecule has 0 radical (unpaired) electrons. The summed E-state index contributed by atoms with van der Waals surface area (Å²) < 4.78 is 2.69. The molecule has 0 spiro atoms. The van der Waals surface area contributed by atoms with E-state index in [9.17, 15) is 4.79 Å². The SMILES string of the molecule is Cn1nc(CCl)n(C)c1=O. The van der Waals surface area contributed by atoms with Crippen LogP contribution in [0.5, 0.6) is 0 Å². The number of rotatable bonds is 1. The third-order valence-corrected chi connectivity index (χ3v) is 1.57. The fraction of sp³-hybridized carbons (Fsp3) is 0.600. The minimum Gasteiger partial charge on any atom is -0.281 e. The van der Waals surface area contributed by atoms with Crippen LogP contribution in [0.3, 0.4) is 0 Å². The number of aryl methyl sites for hydroxylation is 1. The van der Waals surface area contributed by atoms with E-state index in [2.05, 4.69) is 5.10 Å². The minimum atomic E-state index is -0.143. The van der Waals surface area contributed by atoms with Crippen molar-refractivity contribution in [3.63, 3.8) is 0 Å². The van der Waals surface area contributed by atoms with Gasteiger partial charge < -0.3 is 0 Å². The second-order valence-corrected chi connectivity index (χ2v) is 2.28. The molecule has 10 heavy (non-hydrogen) atoms. The first-order valence-electron chi connectivity index (χ1n) is 2.81. The fourth-order valence-corrected chi connectivity index (χ4v) is 0.960. The molecule has 0 unspecified atom stereocenters. The number of hydrogen-bond donors (Lipinski definition) is 0. The van der Waals surface area contributed by atoms with E-state index >= 15 is 0 Å². The van der Waals surface area contributed by atoms with Crippen molar-refractivity contribution in [1.29, 1.82) is 0 Å². The van der Waals surface area contributed by atoms with Crippen molar-refractivity contribution in [2.24, 2.45) is 14.1 Å². The van der Waals surface area contributed by atoms with E-state index in [0.717, 1.165) is 0 Å². The van der Waals surface area contributed by atoms with E-state index in [4.69, 9.17) is 11.6 Å². The molecule has 0 atom stereocenters. The quantitative estimate of drug-likeness (QED) is 0.538. The molecule has 0 aliphatic heterocycles. The van der Waals surface area contributed by atoms with E-state index in [1.165, 1.54) is 9.25 Å². The molecule has 0 aromatic carbocycles. The third-order valence-electron chi connectivity index (χ3n) is 1.34. The van der Waals surface area contributed by atoms with Crippen molar-refractivity contribution in [3.05, 3.63) is 16.3 Å². The Bertz CT molecular complexity index is 288. The van der Waals surface area contributed by atoms with E-state index in [0.29, 0.717) is 5.82 Å². The zero-order chi connectivity index (χ0) is 7.72. The van der Waals surface area contributed by atoms with Gasteiger partial charge in [0.15, 0.2) is 0 Å². The largest absolute Gasteiger partial charge is 0.345 e. The van der Waals surface area contributed by atoms with Crippen LogP contribution < -0.4 is 5.69 Å². The summed E-state index contributed by atoms with van der Waals surface area (Å²) >= 11 is 5.48. The van der Waals surface area contributed by atoms with Crippen LogP contribution in [0.15, 0.2) is 4.79 Å². The first-order valence-corrected chi connectivity index (χ1v) is 3.35. The van der Waals surface area contributed by atoms with Gasteiger partial charge in [-0.3, -0.25) is 4.57 Å². The van der Waals surface area contributed by atoms with Crippen LogP contribution in [-0.4, -0.2) is 14.3 Å². The standard InChI is InChI=1S/C5H8ClN3O/c1-8-4(3-6)7-9(2)5(8)10/h3H2,1-2H3. The summed E-state index contributed by atoms with van der Waals surface area (Å²) in [6, 6.07) is 0. The zero-order valence-electron chi connectivity index (χ0n) is 5.83. The molecule has 0 aliphatic carbocycles. The maximum absolute atomic E-state index is 11.0. The van der Waals surface area contributed by atoms with Crippen molar-refractivity contribution >= 4 is 11.6 Å². The van der Waals surface area contributed by atoms with Crippen LogP contribution in [-0.2, 0) is 20.0 Å². The predicted octanol–water partition coefficient (Wildman–Crippen LogP) is -0.142. The van der Waals surface area contributed by atoms with Crippen LogP contribution in [0.2, 0.25) is 0 Å². The number of aromatic nitrogens is 3. The summed E-state index contributed by atoms with van der Waals surface area (Å²) in [6.07, 6.45) is 0. The molecule has 0 N–H and O–H groups in total. The van der Waals surface area contributed by atoms with Crippen molar-refractivity contribution in [3.8, 4) is 0 Å². The van der Waals surface area contributed by atoms with Crippen LogP contribution in [0.4, 0.5) is 0 Å². The highest BCUT2D eigenvalue weighted by Crippen LogP contribution is 1.92. The van der Waals surface area contributed by atoms with Crippen LogP contribution >= 0.6 is 11.6 Å². The Morgan fingerprint density at radius 3 is 2.40 bits per heavy atom. The van der Waals surface area contributed by atoms with E-state index in [-0.39, 0.29) is 11.6 Å². The van der Waals surface area contributed by atoms with Gasteiger partial charge >= 0.3 is 5.69 Å². The number of nitrogens with zero attached hydrogens (tertiary/aromatic N) is 3. The molecule has 1 aromatic rings. The Labute approximate surface area is 63.0 Å². The molecule has 0 saturated heterocycles. The molecular formula is C5H8ClN3O. The maximum atomic E-state index is 11.0. The maximum Gasteiger partial charge on any atom is 0.345 e. The molecule has 1 heterocycles. The van der Waals surface area contributed by atoms with Gasteiger partial charge in [-0.1, -0.05) is 0 Å². The van der Waals surface area contributed by atoms with Gasteiger partial charge in [0.05, 0.1) is 5.88 Å². The van der Waals surface area contributed by atoms with Gasteiger partial charge in [-0.15, -0.1) is 11.6 Å². The lowest BCUT2D eigenvalue weighted by Gasteiger charge is -1.88. The second-order valence-electron chi connectivity index (χ2n) is 2.02. The van der Waals surface area contributed by atoms with Gasteiger partial charge in [-0.05, 0) is 0 Å². The highest BCUT2D eigenvalue weighted by molar-refractivity contribution is 6.16. The molecule has 1 aromatic heterocycles. The summed E-state index contributed by atoms with van der Waals surface area (Å²) in [6.45, 7) is 0. The lowest BCUT2D eigenvalue weighted by atomic mass is 10.7. The third kappa shape index (κ3) is 0.945. The summed E-state index contributed by atoms with van der Waals surface area (Å²) in [5, 5.41) is 3.86. The molecule has 0 amide bonds. The summed E-state index contributed by atoms with van der Waals surface area (Å²) in [7, 11) is 3.24. The Kier molecular flexibility index (Phi) is 1.80. The van der Waals surface area contributed by atoms with E-state index < -0.39 is 0 Å². The monoisotopic (exact) mass is 161 g/mol. The smallest absolute Gasteiger partial charge is 0.281 e. The van der Waals surface area contributed by atoms with Crippen molar-refractivity contribution in [1.82, 2.24) is 14.3 Å². The van der Waals surface area contributed by atoms with Gasteiger partial charge in [0.1, 0.15) is 5.82 Å². The minimum absolute atomic E-state index is 0.143. The van der Waals surface area contributed by atoms with Crippen LogP contribution in [0.1, 0.15) is 5.82 Å². The molecule has 1 rings (SSSR count). The van der Waals surface area contributed by atoms with E-state index in [1.54, 1.807) is 14.1 Å². The molecule has 0 aliphatic rings. The molecular weight excluding hydrogens is 154 g/mol. The van der Waals surface area contributed by atoms with E-state index in [1.807, 2.05) is 0 Å². The lowest BCUT2D eigenvalue weighted by molar-refractivity contribution is 0.713. The first-order chi connectivity index (χ1) is 4.66. The average molecular weight is 162 g/mol. The van der Waals surface area contributed by atoms with Gasteiger partial charge in [0.25, 0.3) is 0 Å². The predicted molar refractivity (Wildman–Crippen MR) is 38.0 cm³/mol. The topological polar surface area (TPSA) is 39.8 Å². The fourth-order valence-electron chi connectivity index (χ4n) is 0.727. The molecule has 0 saturated carbocycles. The Hall–Kier alpha value is -0.770. The zero-order valence-corrected chi connectivity index (χ0v) is 6.59. The normalized spacial score (nSPS) is 10.3. The number of halogens is 1. The molecule has 56 valence electrons. The van der Waals surface area contributed by atoms with Crippen molar-refractivity contribution < 1.29 is 0 Å². The van der Waals surface area contributed by atoms with Gasteiger partial charge in [-0.25, -0.2) is 9.48 Å². The van der Waals surface area contributed by atoms with Crippen molar-refractivity contribution in [2.75, 3.05) is 0 Å². The van der Waals surface area contributed by atoms with Gasteiger partial charge in [0.2, 0.25) is 0 Å².